The van der Waals surface area contributed by atoms with E-state index in [4.69, 9.17) is 9.11 Å². The number of sulfone groups is 2. The lowest BCUT2D eigenvalue weighted by Crippen LogP contribution is -2.15. The van der Waals surface area contributed by atoms with Crippen molar-refractivity contribution >= 4 is 133 Å². The molecule has 0 aliphatic heterocycles. The molecule has 32 nitrogen and oxygen atoms in total. The van der Waals surface area contributed by atoms with Crippen molar-refractivity contribution in [1.82, 2.24) is 15.0 Å². The van der Waals surface area contributed by atoms with Gasteiger partial charge in [0.25, 0.3) is 30.4 Å². The fourth-order valence-electron chi connectivity index (χ4n) is 6.14. The zero-order chi connectivity index (χ0) is 56.2. The molecule has 0 atom stereocenters. The number of fused-ring (bicyclic) bond motifs is 1. The van der Waals surface area contributed by atoms with Crippen LogP contribution in [0, 0.1) is 6.08 Å². The molecule has 40 heteroatoms. The number of phenols is 1. The highest BCUT2D eigenvalue weighted by Crippen LogP contribution is 2.47. The Morgan fingerprint density at radius 3 is 1.54 bits per heavy atom. The van der Waals surface area contributed by atoms with Gasteiger partial charge in [0.2, 0.25) is 11.9 Å². The topological polar surface area (TPSA) is 503 Å². The number of aromatic nitrogens is 3. The number of hydrogen-bond acceptors (Lipinski definition) is 27. The van der Waals surface area contributed by atoms with Crippen LogP contribution in [-0.2, 0) is 79.2 Å². The largest absolute Gasteiger partial charge is 0.505 e. The molecule has 6 aromatic rings. The summed E-state index contributed by atoms with van der Waals surface area (Å²) in [5.41, 5.74) is -3.01. The monoisotopic (exact) mass is 1200 g/mol. The second-order valence-corrected chi connectivity index (χ2v) is 25.4. The Morgan fingerprint density at radius 2 is 1.03 bits per heavy atom. The van der Waals surface area contributed by atoms with Gasteiger partial charge in [0.15, 0.2) is 25.4 Å². The van der Waals surface area contributed by atoms with Gasteiger partial charge >= 0.3 is 26.9 Å². The lowest BCUT2D eigenvalue weighted by molar-refractivity contribution is 0.282. The number of azo groups is 2. The van der Waals surface area contributed by atoms with Crippen LogP contribution in [0.15, 0.2) is 125 Å². The smallest absolute Gasteiger partial charge is 0.397 e. The molecule has 0 saturated heterocycles. The normalized spacial score (nSPS) is 13.1. The summed E-state index contributed by atoms with van der Waals surface area (Å²) >= 11 is 0. The Labute approximate surface area is 428 Å². The Balaban J connectivity index is 1.34. The summed E-state index contributed by atoms with van der Waals surface area (Å²) in [6.45, 7) is -1.84. The van der Waals surface area contributed by atoms with E-state index in [0.717, 1.165) is 66.7 Å². The Morgan fingerprint density at radius 1 is 0.526 bits per heavy atom. The van der Waals surface area contributed by atoms with Crippen molar-refractivity contribution in [2.75, 3.05) is 46.5 Å². The van der Waals surface area contributed by atoms with Crippen LogP contribution >= 0.6 is 0 Å². The maximum atomic E-state index is 14.7. The van der Waals surface area contributed by atoms with Crippen LogP contribution in [-0.4, -0.2) is 132 Å². The Kier molecular flexibility index (Phi) is 17.1. The molecule has 0 aliphatic carbocycles. The molecule has 9 N–H and O–H groups in total. The number of phenolic OH excluding ortho intramolecular Hbond substituents is 1. The van der Waals surface area contributed by atoms with Crippen LogP contribution in [0.2, 0.25) is 0 Å². The van der Waals surface area contributed by atoms with Gasteiger partial charge in [-0.25, -0.2) is 25.2 Å². The number of anilines is 5. The first-order chi connectivity index (χ1) is 35.1. The number of benzene rings is 5. The van der Waals surface area contributed by atoms with E-state index < -0.39 is 163 Å². The van der Waals surface area contributed by atoms with Crippen molar-refractivity contribution in [1.29, 1.82) is 0 Å². The number of rotatable bonds is 23. The van der Waals surface area contributed by atoms with E-state index >= 15 is 0 Å². The van der Waals surface area contributed by atoms with Crippen molar-refractivity contribution in [2.24, 2.45) is 20.5 Å². The van der Waals surface area contributed by atoms with E-state index in [0.29, 0.717) is 6.07 Å². The summed E-state index contributed by atoms with van der Waals surface area (Å²) in [6, 6.07) is 14.0. The third-order valence-corrected chi connectivity index (χ3v) is 16.0. The van der Waals surface area contributed by atoms with Crippen LogP contribution in [0.25, 0.3) is 10.8 Å². The van der Waals surface area contributed by atoms with Gasteiger partial charge in [-0.05, 0) is 84.9 Å². The van der Waals surface area contributed by atoms with Gasteiger partial charge in [0.05, 0.1) is 45.9 Å². The Bertz CT molecular complexity index is 4140. The van der Waals surface area contributed by atoms with Crippen LogP contribution in [0.1, 0.15) is 0 Å². The molecule has 0 spiro atoms. The maximum absolute atomic E-state index is 14.7. The summed E-state index contributed by atoms with van der Waals surface area (Å²) < 4.78 is 237. The van der Waals surface area contributed by atoms with Crippen molar-refractivity contribution in [2.45, 2.75) is 19.6 Å². The summed E-state index contributed by atoms with van der Waals surface area (Å²) in [5, 5.41) is 33.4. The van der Waals surface area contributed by atoms with E-state index in [-0.39, 0.29) is 32.5 Å². The average molecular weight is 1200 g/mol. The van der Waals surface area contributed by atoms with Crippen LogP contribution in [0.3, 0.4) is 0 Å². The molecule has 0 amide bonds. The number of hydrogen-bond donors (Lipinski definition) is 9. The molecule has 0 bridgehead atoms. The number of halogens is 1. The lowest BCUT2D eigenvalue weighted by atomic mass is 10.1. The van der Waals surface area contributed by atoms with Crippen molar-refractivity contribution in [3.63, 3.8) is 0 Å². The van der Waals surface area contributed by atoms with E-state index in [9.17, 15) is 82.1 Å². The second-order valence-electron chi connectivity index (χ2n) is 14.7. The lowest BCUT2D eigenvalue weighted by Gasteiger charge is -2.14. The highest BCUT2D eigenvalue weighted by atomic mass is 32.3. The molecule has 0 fully saturated rings. The average Bonchev–Trinajstić information content (AvgIpc) is 3.28. The second kappa shape index (κ2) is 22.3. The fourth-order valence-corrected chi connectivity index (χ4v) is 10.7. The minimum absolute atomic E-state index is 0.0774. The first-order valence-electron chi connectivity index (χ1n) is 19.9. The number of nitrogens with one attached hydrogen (secondary N) is 3. The van der Waals surface area contributed by atoms with Crippen LogP contribution in [0.4, 0.5) is 56.1 Å². The highest BCUT2D eigenvalue weighted by Gasteiger charge is 2.26. The molecular weight excluding hydrogens is 1170 g/mol. The van der Waals surface area contributed by atoms with Crippen molar-refractivity contribution < 1.29 is 99.6 Å². The zero-order valence-electron chi connectivity index (χ0n) is 37.2. The molecule has 1 heterocycles. The molecule has 76 heavy (non-hydrogen) atoms. The maximum Gasteiger partial charge on any atom is 0.397 e. The number of nitrogens with zero attached hydrogens (tertiary/aromatic N) is 7. The van der Waals surface area contributed by atoms with Gasteiger partial charge < -0.3 is 21.1 Å². The summed E-state index contributed by atoms with van der Waals surface area (Å²) in [7, 11) is -33.7. The quantitative estimate of drug-likeness (QED) is 0.0322. The summed E-state index contributed by atoms with van der Waals surface area (Å²) in [5.74, 6) is -5.11. The molecule has 5 aromatic carbocycles. The van der Waals surface area contributed by atoms with Crippen molar-refractivity contribution in [3.05, 3.63) is 91.0 Å². The molecule has 0 radical (unpaired) electrons. The SMILES string of the molecule is O=S(=O)(O)CNc1ccc2c(O)c(N=Nc3cc(Nc4nc(F)nc(Nc5ccc(S(=O)(=O)CCOS(=O)(=O)O)cc5)n4)ccc3S(=O)(=O)O)c(S(=O)(=O)O)cc2c1N=Nc1ccc(S(=O)(=O)CCOS(=O)(=O)O)cc1. The molecule has 0 aliphatic rings. The standard InChI is InChI=1S/C36H33FN10O22S7/c37-34-41-35(39-20-1-6-23(7-2-20)70(49,50)15-13-68-75(62,63)64)43-36(42-34)40-22-5-12-29(73(56,57)58)28(17-22)45-47-32-30(74(59,60)61)18-26-25(33(32)48)10-11-27(38-19-72(53,54)55)31(26)46-44-21-3-8-24(9-4-21)71(51,52)16-14-69-76(65,66)67/h1-12,17-18,38,48H,13-16,19H2,(H,53,54,55)(H,56,57,58)(H,59,60,61)(H,62,63,64)(H,65,66,67)(H2,39,40,41,42,43). The van der Waals surface area contributed by atoms with Gasteiger partial charge in [-0.15, -0.1) is 15.3 Å². The summed E-state index contributed by atoms with van der Waals surface area (Å²) in [4.78, 5) is 7.99. The van der Waals surface area contributed by atoms with Crippen LogP contribution < -0.4 is 16.0 Å². The van der Waals surface area contributed by atoms with Gasteiger partial charge in [-0.2, -0.15) is 66.5 Å². The third-order valence-electron chi connectivity index (χ3n) is 9.39. The van der Waals surface area contributed by atoms with E-state index in [2.05, 4.69) is 59.7 Å². The highest BCUT2D eigenvalue weighted by molar-refractivity contribution is 7.92. The molecule has 1 aromatic heterocycles. The molecule has 0 saturated carbocycles. The minimum Gasteiger partial charge on any atom is -0.505 e. The molecule has 0 unspecified atom stereocenters. The third kappa shape index (κ3) is 16.0. The first kappa shape index (κ1) is 58.3. The van der Waals surface area contributed by atoms with Gasteiger partial charge in [0, 0.05) is 22.1 Å². The predicted molar refractivity (Wildman–Crippen MR) is 258 cm³/mol. The van der Waals surface area contributed by atoms with Crippen molar-refractivity contribution in [3.8, 4) is 5.75 Å². The Hall–Kier alpha value is -6.93. The molecular formula is C36H33FN10O22S7. The van der Waals surface area contributed by atoms with E-state index in [1.54, 1.807) is 0 Å². The molecule has 6 rings (SSSR count). The van der Waals surface area contributed by atoms with E-state index in [1.807, 2.05) is 0 Å². The van der Waals surface area contributed by atoms with Gasteiger partial charge in [-0.1, -0.05) is 0 Å². The summed E-state index contributed by atoms with van der Waals surface area (Å²) in [6.07, 6.45) is -1.41. The van der Waals surface area contributed by atoms with Gasteiger partial charge in [-0.3, -0.25) is 22.8 Å². The van der Waals surface area contributed by atoms with Gasteiger partial charge in [0.1, 0.15) is 32.7 Å². The van der Waals surface area contributed by atoms with Crippen LogP contribution in [0.5, 0.6) is 5.75 Å². The van der Waals surface area contributed by atoms with E-state index in [1.165, 1.54) is 12.1 Å². The predicted octanol–water partition coefficient (Wildman–Crippen LogP) is 4.12. The first-order valence-corrected chi connectivity index (χ1v) is 30.4. The minimum atomic E-state index is -5.51. The fraction of sp³-hybridized carbons (Fsp3) is 0.139. The number of aromatic hydroxyl groups is 1. The molecule has 408 valence electrons. The zero-order valence-corrected chi connectivity index (χ0v) is 42.9.